The third-order valence-electron chi connectivity index (χ3n) is 3.30. The molecule has 0 aliphatic heterocycles. The number of aromatic amines is 1. The van der Waals surface area contributed by atoms with Gasteiger partial charge in [-0.25, -0.2) is 8.78 Å². The SMILES string of the molecule is Fc1cc(C(F)(F)F)c(F)cc1NSc1c[nH]c(-c2ccc(Br)cn2)c1. The molecule has 26 heavy (non-hydrogen) atoms. The van der Waals surface area contributed by atoms with Crippen molar-refractivity contribution in [3.8, 4) is 11.4 Å². The summed E-state index contributed by atoms with van der Waals surface area (Å²) in [7, 11) is 0. The average Bonchev–Trinajstić information content (AvgIpc) is 3.04. The van der Waals surface area contributed by atoms with Crippen molar-refractivity contribution in [2.75, 3.05) is 4.72 Å². The van der Waals surface area contributed by atoms with Gasteiger partial charge in [0, 0.05) is 27.8 Å². The lowest BCUT2D eigenvalue weighted by Gasteiger charge is -2.11. The number of anilines is 1. The Morgan fingerprint density at radius 3 is 2.50 bits per heavy atom. The number of H-pyrrole nitrogens is 1. The first-order valence-corrected chi connectivity index (χ1v) is 8.64. The van der Waals surface area contributed by atoms with Gasteiger partial charge in [0.15, 0.2) is 0 Å². The van der Waals surface area contributed by atoms with Gasteiger partial charge >= 0.3 is 6.18 Å². The van der Waals surface area contributed by atoms with E-state index in [0.717, 1.165) is 16.4 Å². The van der Waals surface area contributed by atoms with Crippen LogP contribution in [0.4, 0.5) is 27.6 Å². The van der Waals surface area contributed by atoms with Crippen molar-refractivity contribution in [3.63, 3.8) is 0 Å². The van der Waals surface area contributed by atoms with Gasteiger partial charge in [-0.3, -0.25) is 4.98 Å². The van der Waals surface area contributed by atoms with Gasteiger partial charge in [0.25, 0.3) is 0 Å². The first-order chi connectivity index (χ1) is 12.2. The van der Waals surface area contributed by atoms with Crippen LogP contribution in [0.5, 0.6) is 0 Å². The van der Waals surface area contributed by atoms with E-state index < -0.39 is 23.4 Å². The van der Waals surface area contributed by atoms with Crippen LogP contribution in [0, 0.1) is 11.6 Å². The molecule has 3 nitrogen and oxygen atoms in total. The Kier molecular flexibility index (Phi) is 5.24. The van der Waals surface area contributed by atoms with Crippen LogP contribution in [0.15, 0.2) is 52.1 Å². The van der Waals surface area contributed by atoms with Crippen molar-refractivity contribution in [1.29, 1.82) is 0 Å². The van der Waals surface area contributed by atoms with Gasteiger partial charge in [-0.2, -0.15) is 13.2 Å². The predicted octanol–water partition coefficient (Wildman–Crippen LogP) is 6.26. The summed E-state index contributed by atoms with van der Waals surface area (Å²) in [6.45, 7) is 0. The summed E-state index contributed by atoms with van der Waals surface area (Å²) in [6.07, 6.45) is -1.72. The molecule has 2 N–H and O–H groups in total. The van der Waals surface area contributed by atoms with Crippen LogP contribution >= 0.6 is 27.9 Å². The lowest BCUT2D eigenvalue weighted by molar-refractivity contribution is -0.140. The van der Waals surface area contributed by atoms with Crippen molar-refractivity contribution >= 4 is 33.6 Å². The van der Waals surface area contributed by atoms with E-state index in [1.807, 2.05) is 6.07 Å². The van der Waals surface area contributed by atoms with E-state index >= 15 is 0 Å². The molecule has 1 aromatic carbocycles. The number of benzene rings is 1. The van der Waals surface area contributed by atoms with E-state index in [1.54, 1.807) is 24.5 Å². The molecule has 3 rings (SSSR count). The molecule has 0 atom stereocenters. The van der Waals surface area contributed by atoms with Crippen LogP contribution in [0.25, 0.3) is 11.4 Å². The second-order valence-electron chi connectivity index (χ2n) is 5.12. The van der Waals surface area contributed by atoms with Gasteiger partial charge in [-0.1, -0.05) is 0 Å². The third-order valence-corrected chi connectivity index (χ3v) is 4.56. The van der Waals surface area contributed by atoms with Gasteiger partial charge in [0.05, 0.1) is 22.6 Å². The highest BCUT2D eigenvalue weighted by atomic mass is 79.9. The van der Waals surface area contributed by atoms with Gasteiger partial charge in [-0.15, -0.1) is 0 Å². The van der Waals surface area contributed by atoms with Crippen LogP contribution in [-0.2, 0) is 6.18 Å². The quantitative estimate of drug-likeness (QED) is 0.365. The van der Waals surface area contributed by atoms with Crippen LogP contribution in [0.2, 0.25) is 0 Å². The van der Waals surface area contributed by atoms with Crippen LogP contribution in [0.3, 0.4) is 0 Å². The van der Waals surface area contributed by atoms with E-state index in [1.165, 1.54) is 0 Å². The largest absolute Gasteiger partial charge is 0.419 e. The molecule has 0 saturated heterocycles. The smallest absolute Gasteiger partial charge is 0.359 e. The normalized spacial score (nSPS) is 11.6. The summed E-state index contributed by atoms with van der Waals surface area (Å²) < 4.78 is 68.4. The van der Waals surface area contributed by atoms with Crippen LogP contribution in [0.1, 0.15) is 5.56 Å². The van der Waals surface area contributed by atoms with Gasteiger partial charge in [0.2, 0.25) is 0 Å². The number of hydrogen-bond acceptors (Lipinski definition) is 3. The van der Waals surface area contributed by atoms with E-state index in [-0.39, 0.29) is 11.8 Å². The number of aromatic nitrogens is 2. The molecule has 0 spiro atoms. The Bertz CT molecular complexity index is 925. The Morgan fingerprint density at radius 2 is 1.85 bits per heavy atom. The summed E-state index contributed by atoms with van der Waals surface area (Å²) in [6, 6.07) is 5.92. The Balaban J connectivity index is 1.74. The Hall–Kier alpha value is -2.07. The van der Waals surface area contributed by atoms with Gasteiger partial charge in [0.1, 0.15) is 11.6 Å². The zero-order chi connectivity index (χ0) is 18.9. The number of pyridine rings is 1. The molecule has 10 heteroatoms. The van der Waals surface area contributed by atoms with E-state index in [2.05, 4.69) is 30.6 Å². The molecular weight excluding hydrogens is 441 g/mol. The fourth-order valence-corrected chi connectivity index (χ4v) is 2.99. The lowest BCUT2D eigenvalue weighted by Crippen LogP contribution is -2.09. The van der Waals surface area contributed by atoms with Gasteiger partial charge in [-0.05, 0) is 52.1 Å². The van der Waals surface area contributed by atoms with E-state index in [0.29, 0.717) is 22.3 Å². The second kappa shape index (κ2) is 7.28. The molecule has 0 unspecified atom stereocenters. The van der Waals surface area contributed by atoms with E-state index in [9.17, 15) is 22.0 Å². The summed E-state index contributed by atoms with van der Waals surface area (Å²) in [4.78, 5) is 7.81. The minimum Gasteiger partial charge on any atom is -0.359 e. The summed E-state index contributed by atoms with van der Waals surface area (Å²) in [5.74, 6) is -2.74. The third kappa shape index (κ3) is 4.18. The predicted molar refractivity (Wildman–Crippen MR) is 92.6 cm³/mol. The molecule has 3 aromatic rings. The summed E-state index contributed by atoms with van der Waals surface area (Å²) in [5, 5.41) is 0. The standard InChI is InChI=1S/C16H9BrF5N3S/c17-8-1-2-13(23-6-8)15-3-9(7-24-15)26-25-14-5-11(18)10(4-12(14)19)16(20,21)22/h1-7,24-25H. The lowest BCUT2D eigenvalue weighted by atomic mass is 10.2. The topological polar surface area (TPSA) is 40.7 Å². The molecule has 0 radical (unpaired) electrons. The first kappa shape index (κ1) is 18.7. The number of nitrogens with one attached hydrogen (secondary N) is 2. The first-order valence-electron chi connectivity index (χ1n) is 7.03. The highest BCUT2D eigenvalue weighted by molar-refractivity contribution is 9.10. The summed E-state index contributed by atoms with van der Waals surface area (Å²) in [5.41, 5.74) is -0.659. The average molecular weight is 450 g/mol. The molecule has 136 valence electrons. The van der Waals surface area contributed by atoms with Crippen molar-refractivity contribution in [3.05, 3.63) is 64.4 Å². The number of nitrogens with zero attached hydrogens (tertiary/aromatic N) is 1. The number of alkyl halides is 3. The molecule has 0 saturated carbocycles. The second-order valence-corrected chi connectivity index (χ2v) is 6.92. The molecule has 0 aliphatic carbocycles. The minimum atomic E-state index is -4.95. The zero-order valence-corrected chi connectivity index (χ0v) is 15.1. The molecule has 0 bridgehead atoms. The summed E-state index contributed by atoms with van der Waals surface area (Å²) >= 11 is 4.20. The molecule has 2 heterocycles. The van der Waals surface area contributed by atoms with Gasteiger partial charge < -0.3 is 9.71 Å². The van der Waals surface area contributed by atoms with Crippen molar-refractivity contribution in [2.24, 2.45) is 0 Å². The molecule has 0 fully saturated rings. The Labute approximate surface area is 157 Å². The highest BCUT2D eigenvalue weighted by Gasteiger charge is 2.35. The highest BCUT2D eigenvalue weighted by Crippen LogP contribution is 2.35. The Morgan fingerprint density at radius 1 is 1.08 bits per heavy atom. The maximum atomic E-state index is 13.8. The maximum Gasteiger partial charge on any atom is 0.419 e. The van der Waals surface area contributed by atoms with Crippen molar-refractivity contribution < 1.29 is 22.0 Å². The van der Waals surface area contributed by atoms with Crippen molar-refractivity contribution in [2.45, 2.75) is 11.1 Å². The molecule has 0 amide bonds. The van der Waals surface area contributed by atoms with Crippen LogP contribution < -0.4 is 4.72 Å². The van der Waals surface area contributed by atoms with Crippen LogP contribution in [-0.4, -0.2) is 9.97 Å². The zero-order valence-electron chi connectivity index (χ0n) is 12.7. The molecular formula is C16H9BrF5N3S. The van der Waals surface area contributed by atoms with Crippen molar-refractivity contribution in [1.82, 2.24) is 9.97 Å². The number of halogens is 6. The molecule has 0 aliphatic rings. The van der Waals surface area contributed by atoms with E-state index in [4.69, 9.17) is 0 Å². The minimum absolute atomic E-state index is 0.131. The molecule has 2 aromatic heterocycles. The monoisotopic (exact) mass is 449 g/mol. The number of rotatable bonds is 4. The maximum absolute atomic E-state index is 13.8. The number of hydrogen-bond donors (Lipinski definition) is 2. The fraction of sp³-hybridized carbons (Fsp3) is 0.0625. The fourth-order valence-electron chi connectivity index (χ4n) is 2.07.